The lowest BCUT2D eigenvalue weighted by Gasteiger charge is -2.27. The number of ether oxygens (including phenoxy) is 2. The molecule has 1 saturated carbocycles. The van der Waals surface area contributed by atoms with E-state index in [2.05, 4.69) is 10.5 Å². The first-order valence-corrected chi connectivity index (χ1v) is 11.5. The molecule has 1 amide bonds. The molecule has 2 aromatic carbocycles. The molecule has 4 rings (SSSR count). The van der Waals surface area contributed by atoms with E-state index in [1.807, 2.05) is 12.1 Å². The zero-order chi connectivity index (χ0) is 24.8. The molecule has 8 nitrogen and oxygen atoms in total. The number of halogens is 1. The number of aryl methyl sites for hydroxylation is 1. The second-order valence-electron chi connectivity index (χ2n) is 8.56. The first-order chi connectivity index (χ1) is 16.9. The molecule has 0 spiro atoms. The summed E-state index contributed by atoms with van der Waals surface area (Å²) in [5.41, 5.74) is 2.36. The van der Waals surface area contributed by atoms with E-state index in [9.17, 15) is 19.1 Å². The molecule has 9 heteroatoms. The molecular formula is C26H27FN2O6. The summed E-state index contributed by atoms with van der Waals surface area (Å²) in [6.07, 6.45) is 2.04. The van der Waals surface area contributed by atoms with E-state index in [1.54, 1.807) is 37.3 Å². The van der Waals surface area contributed by atoms with Gasteiger partial charge in [-0.25, -0.2) is 9.18 Å². The SMILES string of the molecule is Cc1noc(-c2ccc(O[C@@H]3CCC[C@@H](C(=O)O)C3)cc2)c1CNC(=O)OCc1ccccc1F. The average molecular weight is 483 g/mol. The first-order valence-electron chi connectivity index (χ1n) is 11.5. The standard InChI is InChI=1S/C26H27FN2O6/c1-16-22(14-28-26(32)33-15-19-5-2-3-8-23(19)27)24(35-29-16)17-9-11-20(12-10-17)34-21-7-4-6-18(13-21)25(30)31/h2-3,5,8-12,18,21H,4,6-7,13-15H2,1H3,(H,28,32)(H,30,31)/t18-,21-/m1/s1. The average Bonchev–Trinajstić information content (AvgIpc) is 3.23. The van der Waals surface area contributed by atoms with E-state index in [4.69, 9.17) is 14.0 Å². The summed E-state index contributed by atoms with van der Waals surface area (Å²) in [6.45, 7) is 1.72. The molecule has 0 aliphatic heterocycles. The van der Waals surface area contributed by atoms with E-state index in [0.29, 0.717) is 41.2 Å². The van der Waals surface area contributed by atoms with Crippen LogP contribution < -0.4 is 10.1 Å². The summed E-state index contributed by atoms with van der Waals surface area (Å²) in [4.78, 5) is 23.4. The number of benzene rings is 2. The van der Waals surface area contributed by atoms with Crippen LogP contribution in [0.25, 0.3) is 11.3 Å². The quantitative estimate of drug-likeness (QED) is 0.452. The fraction of sp³-hybridized carbons (Fsp3) is 0.346. The van der Waals surface area contributed by atoms with Gasteiger partial charge in [-0.2, -0.15) is 0 Å². The molecule has 1 aliphatic carbocycles. The van der Waals surface area contributed by atoms with Crippen LogP contribution in [0.2, 0.25) is 0 Å². The first kappa shape index (κ1) is 24.3. The number of aliphatic carboxylic acids is 1. The highest BCUT2D eigenvalue weighted by atomic mass is 19.1. The van der Waals surface area contributed by atoms with Gasteiger partial charge < -0.3 is 24.4 Å². The van der Waals surface area contributed by atoms with Crippen molar-refractivity contribution in [3.63, 3.8) is 0 Å². The van der Waals surface area contributed by atoms with Crippen molar-refractivity contribution in [1.82, 2.24) is 10.5 Å². The topological polar surface area (TPSA) is 111 Å². The van der Waals surface area contributed by atoms with Gasteiger partial charge >= 0.3 is 12.1 Å². The minimum absolute atomic E-state index is 0.123. The number of rotatable bonds is 8. The number of alkyl carbamates (subject to hydrolysis) is 1. The van der Waals surface area contributed by atoms with Crippen molar-refractivity contribution in [2.24, 2.45) is 5.92 Å². The number of amides is 1. The van der Waals surface area contributed by atoms with Crippen molar-refractivity contribution in [3.8, 4) is 17.1 Å². The number of carbonyl (C=O) groups is 2. The van der Waals surface area contributed by atoms with Crippen LogP contribution in [0.3, 0.4) is 0 Å². The zero-order valence-electron chi connectivity index (χ0n) is 19.3. The highest BCUT2D eigenvalue weighted by molar-refractivity contribution is 5.70. The van der Waals surface area contributed by atoms with Crippen LogP contribution in [0, 0.1) is 18.7 Å². The Morgan fingerprint density at radius 2 is 1.94 bits per heavy atom. The van der Waals surface area contributed by atoms with Gasteiger partial charge in [0.05, 0.1) is 24.3 Å². The minimum Gasteiger partial charge on any atom is -0.490 e. The molecule has 184 valence electrons. The van der Waals surface area contributed by atoms with Crippen LogP contribution in [-0.2, 0) is 22.7 Å². The number of carboxylic acids is 1. The van der Waals surface area contributed by atoms with Crippen molar-refractivity contribution in [2.75, 3.05) is 0 Å². The van der Waals surface area contributed by atoms with Crippen LogP contribution in [0.1, 0.15) is 42.5 Å². The minimum atomic E-state index is -0.772. The maximum atomic E-state index is 13.7. The second-order valence-corrected chi connectivity index (χ2v) is 8.56. The van der Waals surface area contributed by atoms with E-state index >= 15 is 0 Å². The number of carboxylic acid groups (broad SMARTS) is 1. The van der Waals surface area contributed by atoms with Crippen molar-refractivity contribution in [3.05, 3.63) is 71.2 Å². The molecule has 1 heterocycles. The van der Waals surface area contributed by atoms with Crippen LogP contribution in [0.5, 0.6) is 5.75 Å². The van der Waals surface area contributed by atoms with Crippen molar-refractivity contribution >= 4 is 12.1 Å². The summed E-state index contributed by atoms with van der Waals surface area (Å²) in [6, 6.07) is 13.4. The molecule has 1 fully saturated rings. The lowest BCUT2D eigenvalue weighted by Crippen LogP contribution is -2.29. The molecule has 2 atom stereocenters. The van der Waals surface area contributed by atoms with Gasteiger partial charge in [-0.05, 0) is 62.9 Å². The largest absolute Gasteiger partial charge is 0.490 e. The monoisotopic (exact) mass is 482 g/mol. The molecule has 3 aromatic rings. The Hall–Kier alpha value is -3.88. The van der Waals surface area contributed by atoms with Gasteiger partial charge in [0.2, 0.25) is 0 Å². The predicted octanol–water partition coefficient (Wildman–Crippen LogP) is 5.24. The summed E-state index contributed by atoms with van der Waals surface area (Å²) >= 11 is 0. The molecule has 2 N–H and O–H groups in total. The van der Waals surface area contributed by atoms with Crippen LogP contribution in [0.15, 0.2) is 53.1 Å². The maximum Gasteiger partial charge on any atom is 0.407 e. The molecule has 35 heavy (non-hydrogen) atoms. The number of hydrogen-bond donors (Lipinski definition) is 2. The molecule has 0 radical (unpaired) electrons. The normalized spacial score (nSPS) is 17.5. The van der Waals surface area contributed by atoms with Crippen molar-refractivity contribution < 1.29 is 33.1 Å². The third-order valence-electron chi connectivity index (χ3n) is 6.11. The number of aromatic nitrogens is 1. The van der Waals surface area contributed by atoms with Crippen LogP contribution in [-0.4, -0.2) is 28.4 Å². The Morgan fingerprint density at radius 1 is 1.17 bits per heavy atom. The van der Waals surface area contributed by atoms with Crippen molar-refractivity contribution in [1.29, 1.82) is 0 Å². The Morgan fingerprint density at radius 3 is 2.69 bits per heavy atom. The number of carbonyl (C=O) groups excluding carboxylic acids is 1. The van der Waals surface area contributed by atoms with E-state index in [1.165, 1.54) is 6.07 Å². The molecular weight excluding hydrogens is 455 g/mol. The van der Waals surface area contributed by atoms with Gasteiger partial charge in [0.1, 0.15) is 18.2 Å². The Kier molecular flexibility index (Phi) is 7.64. The van der Waals surface area contributed by atoms with E-state index < -0.39 is 17.9 Å². The maximum absolute atomic E-state index is 13.7. The fourth-order valence-electron chi connectivity index (χ4n) is 4.15. The summed E-state index contributed by atoms with van der Waals surface area (Å²) in [7, 11) is 0. The van der Waals surface area contributed by atoms with E-state index in [0.717, 1.165) is 18.4 Å². The summed E-state index contributed by atoms with van der Waals surface area (Å²) in [5.74, 6) is -0.412. The van der Waals surface area contributed by atoms with Crippen molar-refractivity contribution in [2.45, 2.75) is 51.9 Å². The second kappa shape index (κ2) is 11.0. The highest BCUT2D eigenvalue weighted by Crippen LogP contribution is 2.31. The highest BCUT2D eigenvalue weighted by Gasteiger charge is 2.28. The van der Waals surface area contributed by atoms with Crippen LogP contribution in [0.4, 0.5) is 9.18 Å². The predicted molar refractivity (Wildman–Crippen MR) is 124 cm³/mol. The lowest BCUT2D eigenvalue weighted by molar-refractivity contribution is -0.143. The number of nitrogens with zero attached hydrogens (tertiary/aromatic N) is 1. The lowest BCUT2D eigenvalue weighted by atomic mass is 9.87. The Bertz CT molecular complexity index is 1180. The van der Waals surface area contributed by atoms with Gasteiger partial charge in [-0.15, -0.1) is 0 Å². The third-order valence-corrected chi connectivity index (χ3v) is 6.11. The van der Waals surface area contributed by atoms with Gasteiger partial charge in [0.15, 0.2) is 5.76 Å². The smallest absolute Gasteiger partial charge is 0.407 e. The molecule has 0 bridgehead atoms. The Balaban J connectivity index is 1.35. The molecule has 0 unspecified atom stereocenters. The van der Waals surface area contributed by atoms with Gasteiger partial charge in [-0.1, -0.05) is 23.4 Å². The molecule has 0 saturated heterocycles. The zero-order valence-corrected chi connectivity index (χ0v) is 19.3. The summed E-state index contributed by atoms with van der Waals surface area (Å²) < 4.78 is 30.3. The van der Waals surface area contributed by atoms with Crippen LogP contribution >= 0.6 is 0 Å². The van der Waals surface area contributed by atoms with Gasteiger partial charge in [-0.3, -0.25) is 4.79 Å². The third kappa shape index (κ3) is 6.17. The fourth-order valence-corrected chi connectivity index (χ4v) is 4.15. The van der Waals surface area contributed by atoms with E-state index in [-0.39, 0.29) is 25.2 Å². The summed E-state index contributed by atoms with van der Waals surface area (Å²) in [5, 5.41) is 15.9. The number of nitrogens with one attached hydrogen (secondary N) is 1. The Labute approximate surface area is 202 Å². The molecule has 1 aromatic heterocycles. The van der Waals surface area contributed by atoms with Gasteiger partial charge in [0, 0.05) is 16.7 Å². The number of hydrogen-bond acceptors (Lipinski definition) is 6. The van der Waals surface area contributed by atoms with Gasteiger partial charge in [0.25, 0.3) is 0 Å². The molecule has 1 aliphatic rings.